The van der Waals surface area contributed by atoms with Crippen molar-refractivity contribution in [3.8, 4) is 5.75 Å². The van der Waals surface area contributed by atoms with Crippen LogP contribution in [0.15, 0.2) is 24.3 Å². The van der Waals surface area contributed by atoms with Crippen LogP contribution in [0.4, 0.5) is 0 Å². The first-order chi connectivity index (χ1) is 9.31. The van der Waals surface area contributed by atoms with Gasteiger partial charge in [-0.1, -0.05) is 31.5 Å². The van der Waals surface area contributed by atoms with Crippen molar-refractivity contribution in [1.29, 1.82) is 0 Å². The van der Waals surface area contributed by atoms with Crippen molar-refractivity contribution < 1.29 is 14.3 Å². The molecule has 4 nitrogen and oxygen atoms in total. The van der Waals surface area contributed by atoms with Crippen molar-refractivity contribution in [3.63, 3.8) is 0 Å². The summed E-state index contributed by atoms with van der Waals surface area (Å²) < 4.78 is 10.7. The molecule has 0 bridgehead atoms. The lowest BCUT2D eigenvalue weighted by molar-refractivity contribution is -0.142. The maximum Gasteiger partial charge on any atom is 0.319 e. The first-order valence-electron chi connectivity index (χ1n) is 6.92. The van der Waals surface area contributed by atoms with E-state index < -0.39 is 0 Å². The minimum absolute atomic E-state index is 0.170. The van der Waals surface area contributed by atoms with Crippen molar-refractivity contribution in [1.82, 2.24) is 5.32 Å². The highest BCUT2D eigenvalue weighted by Crippen LogP contribution is 2.31. The lowest BCUT2D eigenvalue weighted by Gasteiger charge is -2.26. The van der Waals surface area contributed by atoms with Gasteiger partial charge in [-0.15, -0.1) is 0 Å². The molecule has 1 atom stereocenters. The summed E-state index contributed by atoms with van der Waals surface area (Å²) in [5.41, 5.74) is 1.12. The highest BCUT2D eigenvalue weighted by Gasteiger charge is 2.21. The lowest BCUT2D eigenvalue weighted by atomic mass is 10.0. The van der Waals surface area contributed by atoms with Gasteiger partial charge in [0.1, 0.15) is 5.75 Å². The van der Waals surface area contributed by atoms with E-state index in [1.165, 1.54) is 0 Å². The Morgan fingerprint density at radius 1 is 1.47 bits per heavy atom. The molecule has 0 amide bonds. The first kappa shape index (κ1) is 13.9. The Hall–Kier alpha value is -1.55. The van der Waals surface area contributed by atoms with Crippen LogP contribution < -0.4 is 10.1 Å². The molecule has 1 unspecified atom stereocenters. The van der Waals surface area contributed by atoms with Crippen molar-refractivity contribution >= 4 is 5.97 Å². The number of para-hydroxylation sites is 1. The van der Waals surface area contributed by atoms with Crippen LogP contribution in [0.3, 0.4) is 0 Å². The van der Waals surface area contributed by atoms with E-state index in [0.29, 0.717) is 13.2 Å². The smallest absolute Gasteiger partial charge is 0.319 e. The SMILES string of the molecule is CCCCOC(=O)CNC1CCOc2ccccc21. The quantitative estimate of drug-likeness (QED) is 0.632. The van der Waals surface area contributed by atoms with Gasteiger partial charge in [-0.25, -0.2) is 0 Å². The van der Waals surface area contributed by atoms with Gasteiger partial charge in [-0.3, -0.25) is 10.1 Å². The van der Waals surface area contributed by atoms with E-state index in [-0.39, 0.29) is 18.6 Å². The molecule has 1 aliphatic heterocycles. The highest BCUT2D eigenvalue weighted by molar-refractivity contribution is 5.71. The molecule has 1 aromatic carbocycles. The summed E-state index contributed by atoms with van der Waals surface area (Å²) in [5, 5.41) is 3.25. The second-order valence-electron chi connectivity index (χ2n) is 4.68. The average molecular weight is 263 g/mol. The largest absolute Gasteiger partial charge is 0.493 e. The van der Waals surface area contributed by atoms with Crippen LogP contribution in [0.2, 0.25) is 0 Å². The van der Waals surface area contributed by atoms with Gasteiger partial charge in [-0.2, -0.15) is 0 Å². The fourth-order valence-corrected chi connectivity index (χ4v) is 2.14. The van der Waals surface area contributed by atoms with E-state index in [1.807, 2.05) is 24.3 Å². The molecule has 0 aromatic heterocycles. The Bertz CT molecular complexity index is 420. The third-order valence-corrected chi connectivity index (χ3v) is 3.21. The molecule has 2 rings (SSSR count). The van der Waals surface area contributed by atoms with E-state index in [0.717, 1.165) is 30.6 Å². The van der Waals surface area contributed by atoms with Gasteiger partial charge in [0.2, 0.25) is 0 Å². The number of ether oxygens (including phenoxy) is 2. The van der Waals surface area contributed by atoms with Crippen molar-refractivity contribution in [2.45, 2.75) is 32.2 Å². The Morgan fingerprint density at radius 2 is 2.32 bits per heavy atom. The number of hydrogen-bond donors (Lipinski definition) is 1. The molecular weight excluding hydrogens is 242 g/mol. The van der Waals surface area contributed by atoms with Crippen LogP contribution in [0, 0.1) is 0 Å². The third-order valence-electron chi connectivity index (χ3n) is 3.21. The standard InChI is InChI=1S/C15H21NO3/c1-2-3-9-19-15(17)11-16-13-8-10-18-14-7-5-4-6-12(13)14/h4-7,13,16H,2-3,8-11H2,1H3. The number of esters is 1. The van der Waals surface area contributed by atoms with Gasteiger partial charge in [-0.05, 0) is 12.5 Å². The minimum Gasteiger partial charge on any atom is -0.493 e. The van der Waals surface area contributed by atoms with E-state index >= 15 is 0 Å². The maximum absolute atomic E-state index is 11.6. The minimum atomic E-state index is -0.183. The van der Waals surface area contributed by atoms with Crippen molar-refractivity contribution in [3.05, 3.63) is 29.8 Å². The zero-order valence-electron chi connectivity index (χ0n) is 11.4. The van der Waals surface area contributed by atoms with E-state index in [9.17, 15) is 4.79 Å². The molecular formula is C15H21NO3. The molecule has 0 saturated heterocycles. The molecule has 1 aliphatic rings. The van der Waals surface area contributed by atoms with Crippen LogP contribution in [-0.4, -0.2) is 25.7 Å². The zero-order valence-corrected chi connectivity index (χ0v) is 11.4. The Balaban J connectivity index is 1.82. The molecule has 0 saturated carbocycles. The topological polar surface area (TPSA) is 47.6 Å². The van der Waals surface area contributed by atoms with Gasteiger partial charge in [0.25, 0.3) is 0 Å². The molecule has 1 aromatic rings. The second-order valence-corrected chi connectivity index (χ2v) is 4.68. The summed E-state index contributed by atoms with van der Waals surface area (Å²) in [6, 6.07) is 8.11. The molecule has 19 heavy (non-hydrogen) atoms. The predicted molar refractivity (Wildman–Crippen MR) is 73.2 cm³/mol. The summed E-state index contributed by atoms with van der Waals surface area (Å²) in [4.78, 5) is 11.6. The van der Waals surface area contributed by atoms with Crippen LogP contribution in [0.1, 0.15) is 37.8 Å². The van der Waals surface area contributed by atoms with Gasteiger partial charge < -0.3 is 9.47 Å². The lowest BCUT2D eigenvalue weighted by Crippen LogP contribution is -2.32. The molecule has 4 heteroatoms. The zero-order chi connectivity index (χ0) is 13.5. The van der Waals surface area contributed by atoms with E-state index in [1.54, 1.807) is 0 Å². The average Bonchev–Trinajstić information content (AvgIpc) is 2.45. The summed E-state index contributed by atoms with van der Waals surface area (Å²) in [6.07, 6.45) is 2.83. The van der Waals surface area contributed by atoms with E-state index in [2.05, 4.69) is 12.2 Å². The Morgan fingerprint density at radius 3 is 3.16 bits per heavy atom. The van der Waals surface area contributed by atoms with Gasteiger partial charge in [0.15, 0.2) is 0 Å². The van der Waals surface area contributed by atoms with Crippen LogP contribution in [-0.2, 0) is 9.53 Å². The maximum atomic E-state index is 11.6. The molecule has 0 fully saturated rings. The molecule has 0 spiro atoms. The first-order valence-corrected chi connectivity index (χ1v) is 6.92. The third kappa shape index (κ3) is 3.96. The molecule has 1 N–H and O–H groups in total. The molecule has 1 heterocycles. The van der Waals surface area contributed by atoms with Crippen LogP contribution >= 0.6 is 0 Å². The van der Waals surface area contributed by atoms with Crippen LogP contribution in [0.25, 0.3) is 0 Å². The Labute approximate surface area is 114 Å². The number of benzene rings is 1. The van der Waals surface area contributed by atoms with Crippen LogP contribution in [0.5, 0.6) is 5.75 Å². The summed E-state index contributed by atoms with van der Waals surface area (Å²) in [7, 11) is 0. The molecule has 104 valence electrons. The number of unbranched alkanes of at least 4 members (excludes halogenated alkanes) is 1. The summed E-state index contributed by atoms with van der Waals surface area (Å²) >= 11 is 0. The number of hydrogen-bond acceptors (Lipinski definition) is 4. The summed E-state index contributed by atoms with van der Waals surface area (Å²) in [6.45, 7) is 3.52. The van der Waals surface area contributed by atoms with Crippen molar-refractivity contribution in [2.75, 3.05) is 19.8 Å². The van der Waals surface area contributed by atoms with Gasteiger partial charge >= 0.3 is 5.97 Å². The van der Waals surface area contributed by atoms with Gasteiger partial charge in [0.05, 0.1) is 19.8 Å². The number of carbonyl (C=O) groups excluding carboxylic acids is 1. The monoisotopic (exact) mass is 263 g/mol. The Kier molecular flexibility index (Phi) is 5.21. The van der Waals surface area contributed by atoms with E-state index in [4.69, 9.17) is 9.47 Å². The number of fused-ring (bicyclic) bond motifs is 1. The predicted octanol–water partition coefficient (Wildman–Crippen LogP) is 2.44. The molecule has 0 aliphatic carbocycles. The number of nitrogens with one attached hydrogen (secondary N) is 1. The highest BCUT2D eigenvalue weighted by atomic mass is 16.5. The fraction of sp³-hybridized carbons (Fsp3) is 0.533. The normalized spacial score (nSPS) is 17.4. The van der Waals surface area contributed by atoms with Crippen molar-refractivity contribution in [2.24, 2.45) is 0 Å². The fourth-order valence-electron chi connectivity index (χ4n) is 2.14. The molecule has 0 radical (unpaired) electrons. The second kappa shape index (κ2) is 7.14. The number of carbonyl (C=O) groups is 1. The van der Waals surface area contributed by atoms with Gasteiger partial charge in [0, 0.05) is 18.0 Å². The summed E-state index contributed by atoms with van der Waals surface area (Å²) in [5.74, 6) is 0.725. The number of rotatable bonds is 6.